The first-order chi connectivity index (χ1) is 21.8. The van der Waals surface area contributed by atoms with Gasteiger partial charge in [-0.05, 0) is 68.3 Å². The predicted octanol–water partition coefficient (Wildman–Crippen LogP) is 4.94. The second-order valence-electron chi connectivity index (χ2n) is 12.8. The van der Waals surface area contributed by atoms with Crippen LogP contribution in [0.2, 0.25) is 0 Å². The lowest BCUT2D eigenvalue weighted by molar-refractivity contribution is -0.131. The number of hydrogen-bond acceptors (Lipinski definition) is 8. The zero-order valence-corrected chi connectivity index (χ0v) is 25.4. The van der Waals surface area contributed by atoms with Crippen LogP contribution in [-0.2, 0) is 17.6 Å². The first-order valence-corrected chi connectivity index (χ1v) is 15.9. The van der Waals surface area contributed by atoms with Crippen molar-refractivity contribution in [2.45, 2.75) is 69.1 Å². The number of aryl methyl sites for hydroxylation is 1. The molecule has 3 atom stereocenters. The molecule has 234 valence electrons. The summed E-state index contributed by atoms with van der Waals surface area (Å²) in [5.41, 5.74) is 4.73. The second-order valence-corrected chi connectivity index (χ2v) is 12.8. The van der Waals surface area contributed by atoms with Crippen LogP contribution in [0.25, 0.3) is 22.3 Å². The van der Waals surface area contributed by atoms with Gasteiger partial charge in [-0.1, -0.05) is 24.8 Å². The number of halogens is 2. The molecule has 0 spiro atoms. The van der Waals surface area contributed by atoms with Gasteiger partial charge in [-0.15, -0.1) is 0 Å². The van der Waals surface area contributed by atoms with Crippen LogP contribution in [0.15, 0.2) is 42.7 Å². The van der Waals surface area contributed by atoms with Crippen LogP contribution >= 0.6 is 0 Å². The Hall–Kier alpha value is -4.17. The van der Waals surface area contributed by atoms with Crippen LogP contribution in [0.5, 0.6) is 6.01 Å². The van der Waals surface area contributed by atoms with E-state index in [0.717, 1.165) is 49.9 Å². The van der Waals surface area contributed by atoms with E-state index in [1.54, 1.807) is 0 Å². The SMILES string of the molecule is C=C(F)C(=O)N1CCN(c2nc(OCC34CCCN3C[C@H](F)C4)nc3nc(-c4cccc5c4CCCC5)ccc23)C[C@@H]1CC#N. The van der Waals surface area contributed by atoms with Crippen molar-refractivity contribution in [3.05, 3.63) is 53.9 Å². The van der Waals surface area contributed by atoms with Crippen molar-refractivity contribution in [2.24, 2.45) is 0 Å². The van der Waals surface area contributed by atoms with Crippen LogP contribution in [-0.4, -0.2) is 87.7 Å². The second kappa shape index (κ2) is 12.0. The Morgan fingerprint density at radius 3 is 2.80 bits per heavy atom. The molecule has 1 unspecified atom stereocenters. The summed E-state index contributed by atoms with van der Waals surface area (Å²) in [6, 6.07) is 12.1. The number of anilines is 1. The van der Waals surface area contributed by atoms with Crippen molar-refractivity contribution < 1.29 is 18.3 Å². The number of piperazine rings is 1. The van der Waals surface area contributed by atoms with Gasteiger partial charge in [0.1, 0.15) is 18.6 Å². The highest BCUT2D eigenvalue weighted by Gasteiger charge is 2.49. The van der Waals surface area contributed by atoms with Crippen LogP contribution in [0.4, 0.5) is 14.6 Å². The lowest BCUT2D eigenvalue weighted by Crippen LogP contribution is -2.55. The minimum Gasteiger partial charge on any atom is -0.461 e. The lowest BCUT2D eigenvalue weighted by atomic mass is 9.87. The van der Waals surface area contributed by atoms with Gasteiger partial charge < -0.3 is 14.5 Å². The highest BCUT2D eigenvalue weighted by molar-refractivity contribution is 5.92. The van der Waals surface area contributed by atoms with E-state index in [9.17, 15) is 18.8 Å². The number of hydrogen-bond donors (Lipinski definition) is 0. The molecule has 1 aliphatic carbocycles. The van der Waals surface area contributed by atoms with Crippen LogP contribution < -0.4 is 9.64 Å². The summed E-state index contributed by atoms with van der Waals surface area (Å²) in [5.74, 6) is -1.27. The predicted molar refractivity (Wildman–Crippen MR) is 166 cm³/mol. The summed E-state index contributed by atoms with van der Waals surface area (Å²) in [5, 5.41) is 10.2. The Balaban J connectivity index is 1.27. The van der Waals surface area contributed by atoms with Crippen molar-refractivity contribution in [2.75, 3.05) is 44.2 Å². The molecule has 3 fully saturated rings. The molecule has 11 heteroatoms. The average Bonchev–Trinajstić information content (AvgIpc) is 3.58. The van der Waals surface area contributed by atoms with Gasteiger partial charge in [-0.25, -0.2) is 13.8 Å². The van der Waals surface area contributed by atoms with Crippen LogP contribution in [0.3, 0.4) is 0 Å². The van der Waals surface area contributed by atoms with E-state index < -0.39 is 23.9 Å². The Morgan fingerprint density at radius 2 is 1.96 bits per heavy atom. The number of carbonyl (C=O) groups is 1. The first-order valence-electron chi connectivity index (χ1n) is 15.9. The van der Waals surface area contributed by atoms with Gasteiger partial charge in [-0.3, -0.25) is 9.69 Å². The van der Waals surface area contributed by atoms with Gasteiger partial charge in [0.15, 0.2) is 11.5 Å². The van der Waals surface area contributed by atoms with E-state index in [1.165, 1.54) is 22.4 Å². The Labute approximate surface area is 261 Å². The molecule has 5 heterocycles. The maximum absolute atomic E-state index is 14.5. The van der Waals surface area contributed by atoms with Gasteiger partial charge in [-0.2, -0.15) is 15.2 Å². The van der Waals surface area contributed by atoms with Gasteiger partial charge >= 0.3 is 6.01 Å². The number of nitrogens with zero attached hydrogens (tertiary/aromatic N) is 7. The van der Waals surface area contributed by atoms with E-state index >= 15 is 0 Å². The molecule has 7 rings (SSSR count). The number of aromatic nitrogens is 3. The molecule has 0 saturated carbocycles. The molecule has 1 amide bonds. The molecular weight excluding hydrogens is 576 g/mol. The number of ether oxygens (including phenoxy) is 1. The summed E-state index contributed by atoms with van der Waals surface area (Å²) in [6.07, 6.45) is 5.86. The molecule has 4 aliphatic rings. The molecule has 3 aromatic rings. The fraction of sp³-hybridized carbons (Fsp3) is 0.500. The van der Waals surface area contributed by atoms with Crippen molar-refractivity contribution in [3.63, 3.8) is 0 Å². The highest BCUT2D eigenvalue weighted by Crippen LogP contribution is 2.41. The largest absolute Gasteiger partial charge is 0.461 e. The molecule has 9 nitrogen and oxygen atoms in total. The van der Waals surface area contributed by atoms with Gasteiger partial charge in [0.05, 0.1) is 35.2 Å². The third-order valence-electron chi connectivity index (χ3n) is 10.0. The lowest BCUT2D eigenvalue weighted by Gasteiger charge is -2.41. The minimum atomic E-state index is -1.04. The highest BCUT2D eigenvalue weighted by atomic mass is 19.1. The van der Waals surface area contributed by atoms with E-state index in [4.69, 9.17) is 19.7 Å². The van der Waals surface area contributed by atoms with Crippen LogP contribution in [0.1, 0.15) is 49.7 Å². The Bertz CT molecular complexity index is 1690. The summed E-state index contributed by atoms with van der Waals surface area (Å²) in [7, 11) is 0. The average molecular weight is 614 g/mol. The maximum Gasteiger partial charge on any atom is 0.320 e. The normalized spacial score (nSPS) is 24.7. The summed E-state index contributed by atoms with van der Waals surface area (Å²) in [6.45, 7) is 5.56. The van der Waals surface area contributed by atoms with E-state index in [1.807, 2.05) is 17.0 Å². The van der Waals surface area contributed by atoms with Gasteiger partial charge in [0.2, 0.25) is 0 Å². The fourth-order valence-electron chi connectivity index (χ4n) is 7.85. The summed E-state index contributed by atoms with van der Waals surface area (Å²) < 4.78 is 34.6. The number of nitriles is 1. The molecule has 2 aromatic heterocycles. The molecule has 1 aromatic carbocycles. The van der Waals surface area contributed by atoms with E-state index in [2.05, 4.69) is 35.7 Å². The van der Waals surface area contributed by atoms with E-state index in [0.29, 0.717) is 36.4 Å². The molecule has 3 saturated heterocycles. The Kier molecular flexibility index (Phi) is 7.86. The number of pyridine rings is 1. The van der Waals surface area contributed by atoms with Crippen molar-refractivity contribution >= 4 is 22.8 Å². The summed E-state index contributed by atoms with van der Waals surface area (Å²) >= 11 is 0. The third-order valence-corrected chi connectivity index (χ3v) is 10.0. The first kappa shape index (κ1) is 29.5. The molecule has 45 heavy (non-hydrogen) atoms. The molecule has 0 N–H and O–H groups in total. The number of rotatable bonds is 7. The van der Waals surface area contributed by atoms with E-state index in [-0.39, 0.29) is 37.7 Å². The fourth-order valence-corrected chi connectivity index (χ4v) is 7.85. The van der Waals surface area contributed by atoms with Gasteiger partial charge in [0.25, 0.3) is 5.91 Å². The van der Waals surface area contributed by atoms with Crippen molar-refractivity contribution in [1.82, 2.24) is 24.8 Å². The maximum atomic E-state index is 14.5. The molecule has 3 aliphatic heterocycles. The van der Waals surface area contributed by atoms with Gasteiger partial charge in [0, 0.05) is 38.2 Å². The topological polar surface area (TPSA) is 98.5 Å². The number of amides is 1. The van der Waals surface area contributed by atoms with Crippen LogP contribution in [0, 0.1) is 11.3 Å². The number of fused-ring (bicyclic) bond motifs is 3. The smallest absolute Gasteiger partial charge is 0.320 e. The third kappa shape index (κ3) is 5.50. The quantitative estimate of drug-likeness (QED) is 0.346. The number of alkyl halides is 1. The molecule has 0 radical (unpaired) electrons. The number of carbonyl (C=O) groups excluding carboxylic acids is 1. The molecule has 0 bridgehead atoms. The monoisotopic (exact) mass is 613 g/mol. The molecular formula is C34H37F2N7O2. The minimum absolute atomic E-state index is 0.0339. The Morgan fingerprint density at radius 1 is 1.09 bits per heavy atom. The van der Waals surface area contributed by atoms with Crippen molar-refractivity contribution in [1.29, 1.82) is 5.26 Å². The number of benzene rings is 1. The van der Waals surface area contributed by atoms with Crippen molar-refractivity contribution in [3.8, 4) is 23.3 Å². The zero-order valence-electron chi connectivity index (χ0n) is 25.4. The standard InChI is InChI=1S/C34H37F2N7O2/c1-22(35)32(44)43-17-16-41(20-25(43)12-14-37)31-28-10-11-29(27-9-4-7-23-6-2-3-8-26(23)27)38-30(28)39-33(40-31)45-21-34-13-5-15-42(34)19-24(36)18-34/h4,7,9-11,24-25H,1-3,5-6,8,12-13,15-21H2/t24-,25+,34?/m1/s1. The summed E-state index contributed by atoms with van der Waals surface area (Å²) in [4.78, 5) is 32.8. The zero-order chi connectivity index (χ0) is 31.1.